The summed E-state index contributed by atoms with van der Waals surface area (Å²) in [6, 6.07) is 5.87. The van der Waals surface area contributed by atoms with Gasteiger partial charge < -0.3 is 15.5 Å². The zero-order valence-electron chi connectivity index (χ0n) is 16.8. The SMILES string of the molecule is O=C(Nc1ccc(F)cc1)c1nnc([C@H]2CCCN(C(=O)NC3CCCCC3)C2)s1. The smallest absolute Gasteiger partial charge is 0.317 e. The molecule has 2 aliphatic rings. The number of nitrogens with zero attached hydrogens (tertiary/aromatic N) is 3. The number of hydrogen-bond acceptors (Lipinski definition) is 5. The summed E-state index contributed by atoms with van der Waals surface area (Å²) in [5, 5.41) is 15.2. The molecule has 7 nitrogen and oxygen atoms in total. The second-order valence-electron chi connectivity index (χ2n) is 7.98. The third kappa shape index (κ3) is 5.13. The molecule has 0 spiro atoms. The first kappa shape index (κ1) is 20.7. The molecular weight excluding hydrogens is 405 g/mol. The van der Waals surface area contributed by atoms with E-state index in [2.05, 4.69) is 20.8 Å². The lowest BCUT2D eigenvalue weighted by Crippen LogP contribution is -2.48. The van der Waals surface area contributed by atoms with Crippen LogP contribution in [-0.2, 0) is 0 Å². The number of anilines is 1. The van der Waals surface area contributed by atoms with Gasteiger partial charge in [0.15, 0.2) is 0 Å². The fourth-order valence-corrected chi connectivity index (χ4v) is 4.95. The fraction of sp³-hybridized carbons (Fsp3) is 0.524. The van der Waals surface area contributed by atoms with Crippen molar-refractivity contribution in [1.82, 2.24) is 20.4 Å². The number of nitrogens with one attached hydrogen (secondary N) is 2. The average Bonchev–Trinajstić information content (AvgIpc) is 3.27. The highest BCUT2D eigenvalue weighted by Gasteiger charge is 2.29. The lowest BCUT2D eigenvalue weighted by atomic mass is 9.95. The zero-order chi connectivity index (χ0) is 20.9. The highest BCUT2D eigenvalue weighted by atomic mass is 32.1. The molecule has 1 saturated carbocycles. The number of carbonyl (C=O) groups excluding carboxylic acids is 2. The monoisotopic (exact) mass is 431 g/mol. The van der Waals surface area contributed by atoms with Gasteiger partial charge in [-0.3, -0.25) is 4.79 Å². The second-order valence-corrected chi connectivity index (χ2v) is 8.99. The molecule has 0 radical (unpaired) electrons. The molecular formula is C21H26FN5O2S. The van der Waals surface area contributed by atoms with Crippen molar-refractivity contribution in [3.8, 4) is 0 Å². The predicted octanol–water partition coefficient (Wildman–Crippen LogP) is 4.15. The number of halogens is 1. The number of urea groups is 1. The molecule has 2 fully saturated rings. The Balaban J connectivity index is 1.34. The largest absolute Gasteiger partial charge is 0.335 e. The van der Waals surface area contributed by atoms with Gasteiger partial charge in [0.2, 0.25) is 5.01 Å². The van der Waals surface area contributed by atoms with Gasteiger partial charge in [-0.15, -0.1) is 10.2 Å². The van der Waals surface area contributed by atoms with E-state index in [1.807, 2.05) is 4.90 Å². The molecule has 1 atom stereocenters. The lowest BCUT2D eigenvalue weighted by Gasteiger charge is -2.33. The van der Waals surface area contributed by atoms with Gasteiger partial charge >= 0.3 is 6.03 Å². The summed E-state index contributed by atoms with van der Waals surface area (Å²) in [5.74, 6) is -0.644. The Morgan fingerprint density at radius 2 is 1.80 bits per heavy atom. The van der Waals surface area contributed by atoms with Gasteiger partial charge in [0, 0.05) is 30.7 Å². The maximum Gasteiger partial charge on any atom is 0.317 e. The first-order chi connectivity index (χ1) is 14.6. The van der Waals surface area contributed by atoms with Crippen molar-refractivity contribution in [2.24, 2.45) is 0 Å². The second kappa shape index (κ2) is 9.51. The molecule has 4 rings (SSSR count). The molecule has 2 heterocycles. The molecule has 1 aliphatic carbocycles. The summed E-state index contributed by atoms with van der Waals surface area (Å²) < 4.78 is 13.0. The van der Waals surface area contributed by atoms with Crippen LogP contribution in [0.15, 0.2) is 24.3 Å². The fourth-order valence-electron chi connectivity index (χ4n) is 4.09. The Morgan fingerprint density at radius 3 is 2.57 bits per heavy atom. The highest BCUT2D eigenvalue weighted by molar-refractivity contribution is 7.13. The van der Waals surface area contributed by atoms with Crippen LogP contribution in [0.2, 0.25) is 0 Å². The van der Waals surface area contributed by atoms with Crippen molar-refractivity contribution in [3.05, 3.63) is 40.1 Å². The van der Waals surface area contributed by atoms with E-state index in [1.54, 1.807) is 0 Å². The summed E-state index contributed by atoms with van der Waals surface area (Å²) in [4.78, 5) is 27.0. The number of benzene rings is 1. The molecule has 0 unspecified atom stereocenters. The van der Waals surface area contributed by atoms with Crippen molar-refractivity contribution in [2.75, 3.05) is 18.4 Å². The van der Waals surface area contributed by atoms with E-state index in [1.165, 1.54) is 54.9 Å². The van der Waals surface area contributed by atoms with Crippen LogP contribution >= 0.6 is 11.3 Å². The molecule has 30 heavy (non-hydrogen) atoms. The summed E-state index contributed by atoms with van der Waals surface area (Å²) in [6.07, 6.45) is 7.56. The molecule has 2 aromatic rings. The number of carbonyl (C=O) groups is 2. The Morgan fingerprint density at radius 1 is 1.03 bits per heavy atom. The highest BCUT2D eigenvalue weighted by Crippen LogP contribution is 2.29. The van der Waals surface area contributed by atoms with E-state index in [-0.39, 0.29) is 34.7 Å². The first-order valence-corrected chi connectivity index (χ1v) is 11.4. The number of hydrogen-bond donors (Lipinski definition) is 2. The number of piperidine rings is 1. The zero-order valence-corrected chi connectivity index (χ0v) is 17.6. The minimum absolute atomic E-state index is 0.00499. The number of likely N-dealkylation sites (tertiary alicyclic amines) is 1. The first-order valence-electron chi connectivity index (χ1n) is 10.5. The quantitative estimate of drug-likeness (QED) is 0.761. The van der Waals surface area contributed by atoms with Crippen LogP contribution in [0, 0.1) is 5.82 Å². The summed E-state index contributed by atoms with van der Waals surface area (Å²) in [6.45, 7) is 1.33. The molecule has 9 heteroatoms. The maximum atomic E-state index is 13.0. The van der Waals surface area contributed by atoms with E-state index in [0.29, 0.717) is 12.2 Å². The van der Waals surface area contributed by atoms with Crippen LogP contribution in [0.1, 0.15) is 65.7 Å². The third-order valence-electron chi connectivity index (χ3n) is 5.73. The van der Waals surface area contributed by atoms with Crippen molar-refractivity contribution in [2.45, 2.75) is 56.9 Å². The normalized spacial score (nSPS) is 20.0. The van der Waals surface area contributed by atoms with Crippen molar-refractivity contribution in [3.63, 3.8) is 0 Å². The molecule has 1 aromatic heterocycles. The Kier molecular flexibility index (Phi) is 6.56. The number of amides is 3. The Hall–Kier alpha value is -2.55. The van der Waals surface area contributed by atoms with Crippen LogP contribution in [0.4, 0.5) is 14.9 Å². The van der Waals surface area contributed by atoms with E-state index in [4.69, 9.17) is 0 Å². The molecule has 2 N–H and O–H groups in total. The molecule has 0 bridgehead atoms. The Labute approximate surface area is 179 Å². The van der Waals surface area contributed by atoms with Gasteiger partial charge in [0.25, 0.3) is 5.91 Å². The van der Waals surface area contributed by atoms with Crippen LogP contribution in [0.5, 0.6) is 0 Å². The summed E-state index contributed by atoms with van der Waals surface area (Å²) in [5.41, 5.74) is 0.501. The minimum Gasteiger partial charge on any atom is -0.335 e. The average molecular weight is 432 g/mol. The van der Waals surface area contributed by atoms with E-state index in [0.717, 1.165) is 37.2 Å². The van der Waals surface area contributed by atoms with Gasteiger partial charge in [-0.2, -0.15) is 0 Å². The maximum absolute atomic E-state index is 13.0. The molecule has 1 saturated heterocycles. The van der Waals surface area contributed by atoms with Gasteiger partial charge in [0.1, 0.15) is 10.8 Å². The Bertz CT molecular complexity index is 882. The van der Waals surface area contributed by atoms with Crippen LogP contribution < -0.4 is 10.6 Å². The van der Waals surface area contributed by atoms with E-state index >= 15 is 0 Å². The molecule has 1 aliphatic heterocycles. The van der Waals surface area contributed by atoms with E-state index < -0.39 is 0 Å². The summed E-state index contributed by atoms with van der Waals surface area (Å²) >= 11 is 1.25. The predicted molar refractivity (Wildman–Crippen MR) is 113 cm³/mol. The van der Waals surface area contributed by atoms with Crippen molar-refractivity contribution < 1.29 is 14.0 Å². The van der Waals surface area contributed by atoms with Crippen LogP contribution in [0.3, 0.4) is 0 Å². The topological polar surface area (TPSA) is 87.2 Å². The van der Waals surface area contributed by atoms with Gasteiger partial charge in [0.05, 0.1) is 0 Å². The van der Waals surface area contributed by atoms with Gasteiger partial charge in [-0.1, -0.05) is 30.6 Å². The van der Waals surface area contributed by atoms with Crippen molar-refractivity contribution in [1.29, 1.82) is 0 Å². The van der Waals surface area contributed by atoms with Gasteiger partial charge in [-0.05, 0) is 49.9 Å². The standard InChI is InChI=1S/C21H26FN5O2S/c22-15-8-10-17(11-9-15)23-18(28)20-26-25-19(30-20)14-5-4-12-27(13-14)21(29)24-16-6-2-1-3-7-16/h8-11,14,16H,1-7,12-13H2,(H,23,28)(H,24,29)/t14-/m0/s1. The summed E-state index contributed by atoms with van der Waals surface area (Å²) in [7, 11) is 0. The van der Waals surface area contributed by atoms with Crippen LogP contribution in [-0.4, -0.2) is 46.2 Å². The number of aromatic nitrogens is 2. The van der Waals surface area contributed by atoms with Crippen LogP contribution in [0.25, 0.3) is 0 Å². The third-order valence-corrected chi connectivity index (χ3v) is 6.81. The van der Waals surface area contributed by atoms with Gasteiger partial charge in [-0.25, -0.2) is 9.18 Å². The van der Waals surface area contributed by atoms with E-state index in [9.17, 15) is 14.0 Å². The minimum atomic E-state index is -0.368. The molecule has 1 aromatic carbocycles. The van der Waals surface area contributed by atoms with Crippen molar-refractivity contribution >= 4 is 29.0 Å². The molecule has 3 amide bonds. The molecule has 160 valence electrons. The lowest BCUT2D eigenvalue weighted by molar-refractivity contribution is 0.102. The number of rotatable bonds is 4.